The molecule has 0 saturated carbocycles. The number of amides is 1. The zero-order valence-electron chi connectivity index (χ0n) is 11.0. The van der Waals surface area contributed by atoms with Crippen molar-refractivity contribution < 1.29 is 17.9 Å². The van der Waals surface area contributed by atoms with Gasteiger partial charge in [-0.3, -0.25) is 4.79 Å². The lowest BCUT2D eigenvalue weighted by molar-refractivity contribution is -0.116. The standard InChI is InChI=1S/C13H17NO4S/c1-10(15)14(12-7-8-19(16,17)9-12)11-3-5-13(18-2)6-4-11/h3-6,12H,7-9H2,1-2H3. The van der Waals surface area contributed by atoms with Gasteiger partial charge in [0.15, 0.2) is 9.84 Å². The third-order valence-corrected chi connectivity index (χ3v) is 5.01. The quantitative estimate of drug-likeness (QED) is 0.837. The van der Waals surface area contributed by atoms with Gasteiger partial charge in [0, 0.05) is 12.6 Å². The van der Waals surface area contributed by atoms with Gasteiger partial charge in [-0.05, 0) is 30.7 Å². The van der Waals surface area contributed by atoms with Crippen molar-refractivity contribution in [2.45, 2.75) is 19.4 Å². The van der Waals surface area contributed by atoms with Gasteiger partial charge in [-0.25, -0.2) is 8.42 Å². The van der Waals surface area contributed by atoms with E-state index in [1.165, 1.54) is 6.92 Å². The Morgan fingerprint density at radius 3 is 2.37 bits per heavy atom. The van der Waals surface area contributed by atoms with Crippen LogP contribution < -0.4 is 9.64 Å². The molecule has 1 aromatic rings. The highest BCUT2D eigenvalue weighted by Crippen LogP contribution is 2.26. The summed E-state index contributed by atoms with van der Waals surface area (Å²) in [5, 5.41) is 0. The van der Waals surface area contributed by atoms with Crippen LogP contribution >= 0.6 is 0 Å². The fourth-order valence-corrected chi connectivity index (χ4v) is 4.07. The molecule has 1 amide bonds. The summed E-state index contributed by atoms with van der Waals surface area (Å²) in [5.74, 6) is 0.745. The zero-order valence-corrected chi connectivity index (χ0v) is 11.8. The molecule has 1 aliphatic heterocycles. The Balaban J connectivity index is 2.27. The number of carbonyl (C=O) groups is 1. The minimum Gasteiger partial charge on any atom is -0.497 e. The van der Waals surface area contributed by atoms with Crippen LogP contribution in [0.1, 0.15) is 13.3 Å². The lowest BCUT2D eigenvalue weighted by Crippen LogP contribution is -2.39. The van der Waals surface area contributed by atoms with Crippen molar-refractivity contribution in [1.82, 2.24) is 0 Å². The molecule has 1 atom stereocenters. The molecule has 2 rings (SSSR count). The summed E-state index contributed by atoms with van der Waals surface area (Å²) in [5.41, 5.74) is 0.704. The number of methoxy groups -OCH3 is 1. The van der Waals surface area contributed by atoms with Gasteiger partial charge in [0.25, 0.3) is 0 Å². The number of rotatable bonds is 3. The molecule has 1 saturated heterocycles. The number of nitrogens with zero attached hydrogens (tertiary/aromatic N) is 1. The largest absolute Gasteiger partial charge is 0.497 e. The van der Waals surface area contributed by atoms with Gasteiger partial charge in [0.1, 0.15) is 5.75 Å². The maximum atomic E-state index is 11.8. The number of sulfone groups is 1. The fourth-order valence-electron chi connectivity index (χ4n) is 2.37. The number of hydrogen-bond acceptors (Lipinski definition) is 4. The van der Waals surface area contributed by atoms with Gasteiger partial charge in [-0.15, -0.1) is 0 Å². The van der Waals surface area contributed by atoms with Crippen molar-refractivity contribution in [2.75, 3.05) is 23.5 Å². The topological polar surface area (TPSA) is 63.7 Å². The molecule has 6 heteroatoms. The van der Waals surface area contributed by atoms with E-state index in [2.05, 4.69) is 0 Å². The molecule has 0 radical (unpaired) electrons. The Morgan fingerprint density at radius 1 is 1.32 bits per heavy atom. The number of benzene rings is 1. The zero-order chi connectivity index (χ0) is 14.0. The van der Waals surface area contributed by atoms with Gasteiger partial charge >= 0.3 is 0 Å². The van der Waals surface area contributed by atoms with Crippen LogP contribution in [-0.4, -0.2) is 39.0 Å². The van der Waals surface area contributed by atoms with Gasteiger partial charge in [-0.2, -0.15) is 0 Å². The minimum absolute atomic E-state index is 0.0403. The summed E-state index contributed by atoms with van der Waals surface area (Å²) in [6.07, 6.45) is 0.494. The van der Waals surface area contributed by atoms with E-state index < -0.39 is 9.84 Å². The summed E-state index contributed by atoms with van der Waals surface area (Å²) in [6.45, 7) is 1.45. The second-order valence-electron chi connectivity index (χ2n) is 4.64. The maximum absolute atomic E-state index is 11.8. The molecule has 19 heavy (non-hydrogen) atoms. The van der Waals surface area contributed by atoms with E-state index >= 15 is 0 Å². The smallest absolute Gasteiger partial charge is 0.224 e. The first-order valence-electron chi connectivity index (χ1n) is 6.07. The average molecular weight is 283 g/mol. The van der Waals surface area contributed by atoms with E-state index in [-0.39, 0.29) is 23.5 Å². The number of anilines is 1. The van der Waals surface area contributed by atoms with Crippen molar-refractivity contribution in [1.29, 1.82) is 0 Å². The van der Waals surface area contributed by atoms with Gasteiger partial charge < -0.3 is 9.64 Å². The summed E-state index contributed by atoms with van der Waals surface area (Å²) in [7, 11) is -1.44. The molecule has 1 aliphatic rings. The SMILES string of the molecule is COc1ccc(N(C(C)=O)C2CCS(=O)(=O)C2)cc1. The van der Waals surface area contributed by atoms with E-state index in [0.29, 0.717) is 17.9 Å². The molecule has 1 fully saturated rings. The molecular formula is C13H17NO4S. The molecule has 1 aromatic carbocycles. The van der Waals surface area contributed by atoms with Crippen LogP contribution in [-0.2, 0) is 14.6 Å². The molecule has 5 nitrogen and oxygen atoms in total. The normalized spacial score (nSPS) is 21.1. The Bertz CT molecular complexity index is 565. The van der Waals surface area contributed by atoms with Gasteiger partial charge in [-0.1, -0.05) is 0 Å². The molecule has 0 N–H and O–H groups in total. The third kappa shape index (κ3) is 3.07. The van der Waals surface area contributed by atoms with Crippen LogP contribution in [0, 0.1) is 0 Å². The predicted octanol–water partition coefficient (Wildman–Crippen LogP) is 1.24. The Kier molecular flexibility index (Phi) is 3.80. The molecule has 0 spiro atoms. The predicted molar refractivity (Wildman–Crippen MR) is 73.2 cm³/mol. The molecule has 104 valence electrons. The van der Waals surface area contributed by atoms with E-state index in [1.807, 2.05) is 0 Å². The summed E-state index contributed by atoms with van der Waals surface area (Å²) in [4.78, 5) is 13.4. The van der Waals surface area contributed by atoms with Crippen LogP contribution in [0.25, 0.3) is 0 Å². The molecule has 1 heterocycles. The molecule has 0 aromatic heterocycles. The number of carbonyl (C=O) groups excluding carboxylic acids is 1. The van der Waals surface area contributed by atoms with Crippen LogP contribution in [0.15, 0.2) is 24.3 Å². The Hall–Kier alpha value is -1.56. The van der Waals surface area contributed by atoms with Crippen LogP contribution in [0.5, 0.6) is 5.75 Å². The van der Waals surface area contributed by atoms with Gasteiger partial charge in [0.05, 0.1) is 24.7 Å². The lowest BCUT2D eigenvalue weighted by atomic mass is 10.2. The number of hydrogen-bond donors (Lipinski definition) is 0. The van der Waals surface area contributed by atoms with Crippen molar-refractivity contribution in [3.05, 3.63) is 24.3 Å². The van der Waals surface area contributed by atoms with Crippen LogP contribution in [0.4, 0.5) is 5.69 Å². The highest BCUT2D eigenvalue weighted by molar-refractivity contribution is 7.91. The Labute approximate surface area is 113 Å². The highest BCUT2D eigenvalue weighted by atomic mass is 32.2. The second kappa shape index (κ2) is 5.21. The van der Waals surface area contributed by atoms with Gasteiger partial charge in [0.2, 0.25) is 5.91 Å². The number of ether oxygens (including phenoxy) is 1. The fraction of sp³-hybridized carbons (Fsp3) is 0.462. The summed E-state index contributed by atoms with van der Waals surface area (Å²) in [6, 6.07) is 6.79. The third-order valence-electron chi connectivity index (χ3n) is 3.26. The highest BCUT2D eigenvalue weighted by Gasteiger charge is 2.34. The first kappa shape index (κ1) is 13.9. The lowest BCUT2D eigenvalue weighted by Gasteiger charge is -2.27. The molecule has 0 bridgehead atoms. The van der Waals surface area contributed by atoms with Crippen LogP contribution in [0.2, 0.25) is 0 Å². The summed E-state index contributed by atoms with van der Waals surface area (Å²) >= 11 is 0. The first-order valence-corrected chi connectivity index (χ1v) is 7.89. The van der Waals surface area contributed by atoms with E-state index in [1.54, 1.807) is 36.3 Å². The van der Waals surface area contributed by atoms with Crippen molar-refractivity contribution in [3.63, 3.8) is 0 Å². The summed E-state index contributed by atoms with van der Waals surface area (Å²) < 4.78 is 28.2. The molecule has 0 aliphatic carbocycles. The average Bonchev–Trinajstić information content (AvgIpc) is 2.70. The van der Waals surface area contributed by atoms with E-state index in [4.69, 9.17) is 4.74 Å². The van der Waals surface area contributed by atoms with Crippen molar-refractivity contribution in [2.24, 2.45) is 0 Å². The first-order chi connectivity index (χ1) is 8.93. The molecule has 1 unspecified atom stereocenters. The van der Waals surface area contributed by atoms with Crippen molar-refractivity contribution in [3.8, 4) is 5.75 Å². The van der Waals surface area contributed by atoms with E-state index in [9.17, 15) is 13.2 Å². The maximum Gasteiger partial charge on any atom is 0.224 e. The van der Waals surface area contributed by atoms with E-state index in [0.717, 1.165) is 0 Å². The van der Waals surface area contributed by atoms with Crippen molar-refractivity contribution >= 4 is 21.4 Å². The minimum atomic E-state index is -3.01. The second-order valence-corrected chi connectivity index (χ2v) is 6.87. The monoisotopic (exact) mass is 283 g/mol. The Morgan fingerprint density at radius 2 is 1.95 bits per heavy atom. The van der Waals surface area contributed by atoms with Crippen LogP contribution in [0.3, 0.4) is 0 Å². The molecular weight excluding hydrogens is 266 g/mol.